The van der Waals surface area contributed by atoms with E-state index in [0.29, 0.717) is 41.0 Å². The zero-order chi connectivity index (χ0) is 24.9. The van der Waals surface area contributed by atoms with Gasteiger partial charge in [-0.1, -0.05) is 51.0 Å². The summed E-state index contributed by atoms with van der Waals surface area (Å²) in [6.45, 7) is 4.16. The third-order valence-electron chi connectivity index (χ3n) is 8.88. The van der Waals surface area contributed by atoms with E-state index in [-0.39, 0.29) is 11.8 Å². The van der Waals surface area contributed by atoms with Crippen molar-refractivity contribution in [1.82, 2.24) is 0 Å². The predicted molar refractivity (Wildman–Crippen MR) is 135 cm³/mol. The summed E-state index contributed by atoms with van der Waals surface area (Å²) in [4.78, 5) is 0. The Bertz CT molecular complexity index is 982. The van der Waals surface area contributed by atoms with Crippen LogP contribution in [-0.4, -0.2) is 0 Å². The number of halogens is 4. The number of hydrogen-bond acceptors (Lipinski definition) is 0. The molecule has 0 spiro atoms. The third kappa shape index (κ3) is 5.94. The number of benzene rings is 2. The Kier molecular flexibility index (Phi) is 8.94. The minimum atomic E-state index is -0.703. The molecule has 4 heteroatoms. The third-order valence-corrected chi connectivity index (χ3v) is 8.88. The number of aryl methyl sites for hydroxylation is 2. The highest BCUT2D eigenvalue weighted by Gasteiger charge is 2.29. The Hall–Kier alpha value is -1.84. The number of hydrogen-bond donors (Lipinski definition) is 0. The van der Waals surface area contributed by atoms with E-state index in [1.165, 1.54) is 6.42 Å². The van der Waals surface area contributed by atoms with Crippen molar-refractivity contribution in [2.45, 2.75) is 109 Å². The van der Waals surface area contributed by atoms with Crippen molar-refractivity contribution in [1.29, 1.82) is 0 Å². The van der Waals surface area contributed by atoms with E-state index in [4.69, 9.17) is 0 Å². The van der Waals surface area contributed by atoms with Gasteiger partial charge in [-0.25, -0.2) is 17.6 Å². The lowest BCUT2D eigenvalue weighted by Gasteiger charge is -2.31. The van der Waals surface area contributed by atoms with E-state index < -0.39 is 23.3 Å². The van der Waals surface area contributed by atoms with Crippen LogP contribution in [-0.2, 0) is 12.8 Å². The van der Waals surface area contributed by atoms with Crippen LogP contribution in [0.25, 0.3) is 0 Å². The lowest BCUT2D eigenvalue weighted by atomic mass is 9.75. The topological polar surface area (TPSA) is 0 Å². The maximum atomic E-state index is 15.1. The van der Waals surface area contributed by atoms with Crippen LogP contribution in [0.2, 0.25) is 0 Å². The van der Waals surface area contributed by atoms with Crippen molar-refractivity contribution in [2.24, 2.45) is 11.8 Å². The monoisotopic (exact) mass is 488 g/mol. The molecule has 0 unspecified atom stereocenters. The summed E-state index contributed by atoms with van der Waals surface area (Å²) in [7, 11) is 0. The number of rotatable bonds is 8. The highest BCUT2D eigenvalue weighted by molar-refractivity contribution is 5.32. The van der Waals surface area contributed by atoms with E-state index in [0.717, 1.165) is 70.1 Å². The highest BCUT2D eigenvalue weighted by atomic mass is 19.2. The molecule has 0 radical (unpaired) electrons. The van der Waals surface area contributed by atoms with Crippen LogP contribution in [0.15, 0.2) is 24.3 Å². The first-order valence-electron chi connectivity index (χ1n) is 13.9. The van der Waals surface area contributed by atoms with E-state index in [1.54, 1.807) is 12.1 Å². The lowest BCUT2D eigenvalue weighted by Crippen LogP contribution is -2.17. The molecule has 2 aromatic carbocycles. The van der Waals surface area contributed by atoms with Crippen LogP contribution in [0.1, 0.15) is 119 Å². The predicted octanol–water partition coefficient (Wildman–Crippen LogP) is 9.79. The Labute approximate surface area is 208 Å². The van der Waals surface area contributed by atoms with Gasteiger partial charge in [-0.3, -0.25) is 0 Å². The van der Waals surface area contributed by atoms with Crippen LogP contribution in [0, 0.1) is 35.1 Å². The zero-order valence-electron chi connectivity index (χ0n) is 21.3. The van der Waals surface area contributed by atoms with Crippen molar-refractivity contribution < 1.29 is 17.6 Å². The molecule has 0 atom stereocenters. The summed E-state index contributed by atoms with van der Waals surface area (Å²) in [5, 5.41) is 0. The van der Waals surface area contributed by atoms with Gasteiger partial charge >= 0.3 is 0 Å². The second kappa shape index (κ2) is 11.9. The van der Waals surface area contributed by atoms with Crippen LogP contribution in [0.4, 0.5) is 17.6 Å². The molecule has 0 heterocycles. The van der Waals surface area contributed by atoms with Gasteiger partial charge in [-0.15, -0.1) is 0 Å². The molecular weight excluding hydrogens is 448 g/mol. The molecule has 0 aliphatic heterocycles. The molecule has 4 rings (SSSR count). The second-order valence-corrected chi connectivity index (χ2v) is 11.0. The summed E-state index contributed by atoms with van der Waals surface area (Å²) in [6, 6.07) is 7.12. The molecule has 35 heavy (non-hydrogen) atoms. The fraction of sp³-hybridized carbons (Fsp3) is 0.613. The molecule has 2 aliphatic rings. The largest absolute Gasteiger partial charge is 0.203 e. The molecule has 2 aromatic rings. The molecule has 0 saturated heterocycles. The second-order valence-electron chi connectivity index (χ2n) is 11.0. The first-order valence-corrected chi connectivity index (χ1v) is 13.9. The van der Waals surface area contributed by atoms with Crippen molar-refractivity contribution in [3.8, 4) is 0 Å². The first kappa shape index (κ1) is 26.2. The quantitative estimate of drug-likeness (QED) is 0.324. The zero-order valence-corrected chi connectivity index (χ0v) is 21.3. The molecule has 2 aliphatic carbocycles. The summed E-state index contributed by atoms with van der Waals surface area (Å²) < 4.78 is 58.9. The van der Waals surface area contributed by atoms with Gasteiger partial charge in [0.25, 0.3) is 0 Å². The first-order chi connectivity index (χ1) is 16.9. The molecule has 0 aromatic heterocycles. The summed E-state index contributed by atoms with van der Waals surface area (Å²) in [5.41, 5.74) is 1.98. The molecule has 2 fully saturated rings. The Morgan fingerprint density at radius 2 is 1.03 bits per heavy atom. The summed E-state index contributed by atoms with van der Waals surface area (Å²) >= 11 is 0. The van der Waals surface area contributed by atoms with Gasteiger partial charge in [0.1, 0.15) is 0 Å². The van der Waals surface area contributed by atoms with Gasteiger partial charge in [0.05, 0.1) is 0 Å². The average molecular weight is 489 g/mol. The molecule has 192 valence electrons. The highest BCUT2D eigenvalue weighted by Crippen LogP contribution is 2.42. The minimum absolute atomic E-state index is 0.0353. The Balaban J connectivity index is 1.32. The summed E-state index contributed by atoms with van der Waals surface area (Å²) in [6.07, 6.45) is 11.4. The normalized spacial score (nSPS) is 25.1. The van der Waals surface area contributed by atoms with Crippen LogP contribution in [0.5, 0.6) is 0 Å². The maximum Gasteiger partial charge on any atom is 0.162 e. The molecule has 0 bridgehead atoms. The van der Waals surface area contributed by atoms with Gasteiger partial charge in [0.15, 0.2) is 23.3 Å². The van der Waals surface area contributed by atoms with Gasteiger partial charge in [0, 0.05) is 0 Å². The van der Waals surface area contributed by atoms with Gasteiger partial charge in [-0.2, -0.15) is 0 Å². The Morgan fingerprint density at radius 1 is 0.571 bits per heavy atom. The van der Waals surface area contributed by atoms with Gasteiger partial charge in [-0.05, 0) is 117 Å². The van der Waals surface area contributed by atoms with E-state index in [1.807, 2.05) is 19.1 Å². The fourth-order valence-corrected chi connectivity index (χ4v) is 6.50. The molecular formula is C31H40F4. The molecule has 0 nitrogen and oxygen atoms in total. The van der Waals surface area contributed by atoms with E-state index in [2.05, 4.69) is 6.92 Å². The average Bonchev–Trinajstić information content (AvgIpc) is 2.88. The van der Waals surface area contributed by atoms with Crippen molar-refractivity contribution in [2.75, 3.05) is 0 Å². The molecule has 2 saturated carbocycles. The Morgan fingerprint density at radius 3 is 1.49 bits per heavy atom. The van der Waals surface area contributed by atoms with Crippen LogP contribution >= 0.6 is 0 Å². The smallest absolute Gasteiger partial charge is 0.162 e. The SMILES string of the molecule is CCCc1ccc(CCC2CCC(c3ccc(C4CCC(CC)CC4)c(F)c3F)CC2)c(F)c1F. The van der Waals surface area contributed by atoms with Crippen molar-refractivity contribution >= 4 is 0 Å². The van der Waals surface area contributed by atoms with Crippen molar-refractivity contribution in [3.05, 3.63) is 69.8 Å². The fourth-order valence-electron chi connectivity index (χ4n) is 6.50. The molecule has 0 amide bonds. The van der Waals surface area contributed by atoms with Gasteiger partial charge < -0.3 is 0 Å². The standard InChI is InChI=1S/C31H40F4/c1-3-5-24-16-17-25(29(33)28(24)32)15-10-21-8-13-23(14-9-21)27-19-18-26(30(34)31(27)35)22-11-6-20(4-2)7-12-22/h16-23H,3-15H2,1-2H3. The lowest BCUT2D eigenvalue weighted by molar-refractivity contribution is 0.300. The maximum absolute atomic E-state index is 15.1. The van der Waals surface area contributed by atoms with Crippen molar-refractivity contribution in [3.63, 3.8) is 0 Å². The van der Waals surface area contributed by atoms with Gasteiger partial charge in [0.2, 0.25) is 0 Å². The summed E-state index contributed by atoms with van der Waals surface area (Å²) in [5.74, 6) is -1.37. The minimum Gasteiger partial charge on any atom is -0.203 e. The van der Waals surface area contributed by atoms with Crippen LogP contribution < -0.4 is 0 Å². The van der Waals surface area contributed by atoms with E-state index >= 15 is 8.78 Å². The van der Waals surface area contributed by atoms with E-state index in [9.17, 15) is 8.78 Å². The molecule has 0 N–H and O–H groups in total. The van der Waals surface area contributed by atoms with Crippen LogP contribution in [0.3, 0.4) is 0 Å².